The van der Waals surface area contributed by atoms with Crippen molar-refractivity contribution >= 4 is 44.8 Å². The van der Waals surface area contributed by atoms with Crippen molar-refractivity contribution in [2.75, 3.05) is 56.5 Å². The molecule has 2 N–H and O–H groups in total. The van der Waals surface area contributed by atoms with E-state index in [1.165, 1.54) is 0 Å². The minimum Gasteiger partial charge on any atom is -0.494 e. The molecule has 0 saturated carbocycles. The molecular weight excluding hydrogens is 600 g/mol. The highest BCUT2D eigenvalue weighted by atomic mass is 79.9. The van der Waals surface area contributed by atoms with Crippen LogP contribution in [0.15, 0.2) is 60.9 Å². The van der Waals surface area contributed by atoms with Crippen LogP contribution in [0, 0.1) is 0 Å². The summed E-state index contributed by atoms with van der Waals surface area (Å²) in [4.78, 5) is 25.9. The molecule has 12 heteroatoms. The zero-order valence-electron chi connectivity index (χ0n) is 24.2. The first kappa shape index (κ1) is 29.5. The Morgan fingerprint density at radius 2 is 2.00 bits per heavy atom. The Morgan fingerprint density at radius 3 is 2.71 bits per heavy atom. The van der Waals surface area contributed by atoms with Crippen molar-refractivity contribution in [3.05, 3.63) is 66.5 Å². The smallest absolute Gasteiger partial charge is 0.229 e. The van der Waals surface area contributed by atoms with Gasteiger partial charge >= 0.3 is 0 Å². The van der Waals surface area contributed by atoms with Gasteiger partial charge in [0.25, 0.3) is 0 Å². The Kier molecular flexibility index (Phi) is 9.35. The summed E-state index contributed by atoms with van der Waals surface area (Å²) in [6.45, 7) is 4.33. The second kappa shape index (κ2) is 13.3. The van der Waals surface area contributed by atoms with Crippen LogP contribution in [0.4, 0.5) is 23.0 Å². The maximum atomic E-state index is 12.5. The molecule has 0 aliphatic carbocycles. The summed E-state index contributed by atoms with van der Waals surface area (Å²) in [7, 11) is 5.68. The van der Waals surface area contributed by atoms with Gasteiger partial charge in [0, 0.05) is 55.2 Å². The number of nitrogens with one attached hydrogen (secondary N) is 2. The minimum atomic E-state index is -0.0913. The van der Waals surface area contributed by atoms with Gasteiger partial charge < -0.3 is 29.9 Å². The van der Waals surface area contributed by atoms with Crippen LogP contribution in [0.3, 0.4) is 0 Å². The van der Waals surface area contributed by atoms with E-state index in [9.17, 15) is 4.79 Å². The molecule has 1 amide bonds. The van der Waals surface area contributed by atoms with Crippen LogP contribution in [0.25, 0.3) is 17.1 Å². The first-order chi connectivity index (χ1) is 20.4. The van der Waals surface area contributed by atoms with Gasteiger partial charge in [-0.15, -0.1) is 0 Å². The monoisotopic (exact) mass is 634 g/mol. The second-order valence-corrected chi connectivity index (χ2v) is 11.1. The van der Waals surface area contributed by atoms with E-state index in [1.54, 1.807) is 18.0 Å². The third-order valence-electron chi connectivity index (χ3n) is 6.74. The number of alkyl halides is 1. The fraction of sp³-hybridized carbons (Fsp3) is 0.333. The van der Waals surface area contributed by atoms with E-state index in [0.717, 1.165) is 29.1 Å². The fourth-order valence-electron chi connectivity index (χ4n) is 4.74. The summed E-state index contributed by atoms with van der Waals surface area (Å²) in [5.74, 6) is 1.46. The normalized spacial score (nSPS) is 15.1. The van der Waals surface area contributed by atoms with Crippen molar-refractivity contribution in [3.63, 3.8) is 0 Å². The summed E-state index contributed by atoms with van der Waals surface area (Å²) >= 11 is 3.69. The molecule has 1 aliphatic rings. The number of methoxy groups -OCH3 is 1. The van der Waals surface area contributed by atoms with Crippen molar-refractivity contribution in [2.45, 2.75) is 24.8 Å². The average molecular weight is 636 g/mol. The number of carbonyl (C=O) groups excluding carboxylic acids is 1. The molecule has 1 fully saturated rings. The van der Waals surface area contributed by atoms with Gasteiger partial charge in [-0.3, -0.25) is 4.79 Å². The predicted octanol–water partition coefficient (Wildman–Crippen LogP) is 5.05. The maximum Gasteiger partial charge on any atom is 0.229 e. The van der Waals surface area contributed by atoms with E-state index in [2.05, 4.69) is 53.5 Å². The van der Waals surface area contributed by atoms with Gasteiger partial charge in [-0.2, -0.15) is 10.1 Å². The standard InChI is InChI=1S/C30H35BrN8O3/c1-5-28(40)33-22-15-23(25(41-4)16-24(22)38-13-14-42-19-26(38)31)34-30-32-12-11-27(35-30)39-18-21(17-37(2)3)29(36-39)20-9-7-6-8-10-20/h6-12,15-16,18,26H,5,13-14,17,19H2,1-4H3,(H,33,40)(H,32,34,35). The van der Waals surface area contributed by atoms with Crippen molar-refractivity contribution in [2.24, 2.45) is 0 Å². The number of rotatable bonds is 10. The number of benzene rings is 2. The highest BCUT2D eigenvalue weighted by Crippen LogP contribution is 2.40. The lowest BCUT2D eigenvalue weighted by atomic mass is 10.1. The van der Waals surface area contributed by atoms with Gasteiger partial charge in [-0.05, 0) is 20.2 Å². The minimum absolute atomic E-state index is 0.0423. The SMILES string of the molecule is CCC(=O)Nc1cc(Nc2nccc(-n3cc(CN(C)C)c(-c4ccccc4)n3)n2)c(OC)cc1N1CCOCC1Br. The molecule has 0 radical (unpaired) electrons. The number of amides is 1. The Labute approximate surface area is 254 Å². The van der Waals surface area contributed by atoms with Gasteiger partial charge in [0.05, 0.1) is 43.1 Å². The van der Waals surface area contributed by atoms with Crippen LogP contribution in [-0.2, 0) is 16.1 Å². The molecule has 5 rings (SSSR count). The third kappa shape index (κ3) is 6.72. The van der Waals surface area contributed by atoms with Crippen LogP contribution >= 0.6 is 15.9 Å². The lowest BCUT2D eigenvalue weighted by Crippen LogP contribution is -2.42. The summed E-state index contributed by atoms with van der Waals surface area (Å²) < 4.78 is 13.1. The number of hydrogen-bond acceptors (Lipinski definition) is 9. The maximum absolute atomic E-state index is 12.5. The molecule has 1 saturated heterocycles. The van der Waals surface area contributed by atoms with Crippen molar-refractivity contribution in [1.82, 2.24) is 24.6 Å². The van der Waals surface area contributed by atoms with Crippen LogP contribution in [0.1, 0.15) is 18.9 Å². The van der Waals surface area contributed by atoms with Crippen LogP contribution in [-0.4, -0.2) is 76.5 Å². The Hall–Kier alpha value is -4.00. The molecule has 1 unspecified atom stereocenters. The van der Waals surface area contributed by atoms with E-state index in [4.69, 9.17) is 19.6 Å². The Bertz CT molecular complexity index is 1530. The molecule has 0 spiro atoms. The molecule has 0 bridgehead atoms. The molecule has 3 heterocycles. The van der Waals surface area contributed by atoms with Gasteiger partial charge in [-0.1, -0.05) is 53.2 Å². The summed E-state index contributed by atoms with van der Waals surface area (Å²) in [5, 5.41) is 11.2. The first-order valence-electron chi connectivity index (χ1n) is 13.8. The van der Waals surface area contributed by atoms with Gasteiger partial charge in [0.1, 0.15) is 10.7 Å². The van der Waals surface area contributed by atoms with Crippen molar-refractivity contribution in [3.8, 4) is 22.8 Å². The quantitative estimate of drug-likeness (QED) is 0.183. The Morgan fingerprint density at radius 1 is 1.19 bits per heavy atom. The number of hydrogen-bond donors (Lipinski definition) is 2. The number of morpholine rings is 1. The summed E-state index contributed by atoms with van der Waals surface area (Å²) in [6.07, 6.45) is 4.04. The number of ether oxygens (including phenoxy) is 2. The molecule has 220 valence electrons. The second-order valence-electron chi connectivity index (χ2n) is 10.1. The third-order valence-corrected chi connectivity index (χ3v) is 7.50. The van der Waals surface area contributed by atoms with Gasteiger partial charge in [0.15, 0.2) is 5.82 Å². The van der Waals surface area contributed by atoms with E-state index in [-0.39, 0.29) is 10.9 Å². The highest BCUT2D eigenvalue weighted by Gasteiger charge is 2.25. The highest BCUT2D eigenvalue weighted by molar-refractivity contribution is 9.09. The van der Waals surface area contributed by atoms with Gasteiger partial charge in [0.2, 0.25) is 11.9 Å². The fourth-order valence-corrected chi connectivity index (χ4v) is 5.35. The van der Waals surface area contributed by atoms with E-state index < -0.39 is 0 Å². The molecule has 4 aromatic rings. The average Bonchev–Trinajstić information content (AvgIpc) is 3.41. The molecule has 1 aliphatic heterocycles. The van der Waals surface area contributed by atoms with Crippen molar-refractivity contribution < 1.29 is 14.3 Å². The zero-order valence-corrected chi connectivity index (χ0v) is 25.8. The number of halogens is 1. The molecule has 11 nitrogen and oxygen atoms in total. The van der Waals surface area contributed by atoms with E-state index in [1.807, 2.05) is 63.6 Å². The number of anilines is 4. The first-order valence-corrected chi connectivity index (χ1v) is 14.7. The number of nitrogens with zero attached hydrogens (tertiary/aromatic N) is 6. The van der Waals surface area contributed by atoms with E-state index >= 15 is 0 Å². The van der Waals surface area contributed by atoms with Crippen molar-refractivity contribution in [1.29, 1.82) is 0 Å². The Balaban J connectivity index is 1.49. The van der Waals surface area contributed by atoms with Crippen LogP contribution < -0.4 is 20.3 Å². The van der Waals surface area contributed by atoms with Gasteiger partial charge in [-0.25, -0.2) is 9.67 Å². The topological polar surface area (TPSA) is 110 Å². The molecular formula is C30H35BrN8O3. The zero-order chi connectivity index (χ0) is 29.6. The summed E-state index contributed by atoms with van der Waals surface area (Å²) in [5.41, 5.74) is 5.12. The number of aromatic nitrogens is 4. The lowest BCUT2D eigenvalue weighted by Gasteiger charge is -2.35. The lowest BCUT2D eigenvalue weighted by molar-refractivity contribution is -0.115. The van der Waals surface area contributed by atoms with Crippen LogP contribution in [0.5, 0.6) is 5.75 Å². The largest absolute Gasteiger partial charge is 0.494 e. The van der Waals surface area contributed by atoms with Crippen LogP contribution in [0.2, 0.25) is 0 Å². The molecule has 2 aromatic carbocycles. The summed E-state index contributed by atoms with van der Waals surface area (Å²) in [6, 6.07) is 15.7. The number of carbonyl (C=O) groups is 1. The predicted molar refractivity (Wildman–Crippen MR) is 168 cm³/mol. The van der Waals surface area contributed by atoms with E-state index in [0.29, 0.717) is 55.1 Å². The molecule has 2 aromatic heterocycles. The molecule has 1 atom stereocenters. The molecule has 42 heavy (non-hydrogen) atoms.